The maximum Gasteiger partial charge on any atom is 0.274 e. The molecule has 6 heteroatoms. The van der Waals surface area contributed by atoms with Crippen LogP contribution in [0.5, 0.6) is 0 Å². The van der Waals surface area contributed by atoms with Crippen LogP contribution in [-0.4, -0.2) is 10.4 Å². The van der Waals surface area contributed by atoms with Crippen molar-refractivity contribution >= 4 is 16.8 Å². The van der Waals surface area contributed by atoms with Gasteiger partial charge in [-0.3, -0.25) is 4.79 Å². The number of carbonyl (C=O) groups is 1. The Balaban J connectivity index is 2.46. The van der Waals surface area contributed by atoms with Crippen LogP contribution in [0.25, 0.3) is 11.3 Å². The molecule has 0 aliphatic rings. The highest BCUT2D eigenvalue weighted by Crippen LogP contribution is 2.24. The molecule has 3 nitrogen and oxygen atoms in total. The van der Waals surface area contributed by atoms with E-state index in [9.17, 15) is 13.6 Å². The van der Waals surface area contributed by atoms with E-state index in [1.807, 2.05) is 0 Å². The molecule has 0 radical (unpaired) electrons. The van der Waals surface area contributed by atoms with Crippen LogP contribution in [0.2, 0.25) is 0 Å². The van der Waals surface area contributed by atoms with Gasteiger partial charge in [-0.15, -0.1) is 0 Å². The quantitative estimate of drug-likeness (QED) is 0.762. The van der Waals surface area contributed by atoms with Gasteiger partial charge in [0.05, 0.1) is 5.56 Å². The Hall–Kier alpha value is -1.75. The lowest BCUT2D eigenvalue weighted by Crippen LogP contribution is -1.86. The summed E-state index contributed by atoms with van der Waals surface area (Å²) in [5.74, 6) is -1.49. The number of halogens is 3. The number of hydrogen-bond donors (Lipinski definition) is 0. The fraction of sp³-hybridized carbons (Fsp3) is 0. The molecular weight excluding hydrogens is 240 g/mol. The Morgan fingerprint density at radius 2 is 2.06 bits per heavy atom. The average molecular weight is 244 g/mol. The Morgan fingerprint density at radius 3 is 2.62 bits per heavy atom. The second kappa shape index (κ2) is 4.02. The lowest BCUT2D eigenvalue weighted by Gasteiger charge is -1.97. The van der Waals surface area contributed by atoms with Crippen LogP contribution in [-0.2, 0) is 0 Å². The first-order valence-corrected chi connectivity index (χ1v) is 4.57. The van der Waals surface area contributed by atoms with Crippen LogP contribution in [0.4, 0.5) is 8.78 Å². The molecule has 1 heterocycles. The van der Waals surface area contributed by atoms with Gasteiger partial charge in [-0.2, -0.15) is 0 Å². The predicted octanol–water partition coefficient (Wildman–Crippen LogP) is 3.00. The summed E-state index contributed by atoms with van der Waals surface area (Å²) in [4.78, 5) is 10.7. The molecule has 0 saturated heterocycles. The lowest BCUT2D eigenvalue weighted by molar-refractivity contribution is 0.107. The summed E-state index contributed by atoms with van der Waals surface area (Å²) in [7, 11) is 0. The minimum Gasteiger partial charge on any atom is -0.355 e. The van der Waals surface area contributed by atoms with E-state index < -0.39 is 16.9 Å². The molecule has 0 fully saturated rings. The molecule has 2 aromatic rings. The highest BCUT2D eigenvalue weighted by Gasteiger charge is 2.14. The topological polar surface area (TPSA) is 43.1 Å². The van der Waals surface area contributed by atoms with Gasteiger partial charge in [-0.1, -0.05) is 5.16 Å². The zero-order valence-electron chi connectivity index (χ0n) is 7.71. The monoisotopic (exact) mass is 243 g/mol. The van der Waals surface area contributed by atoms with E-state index in [2.05, 4.69) is 5.16 Å². The molecule has 0 atom stereocenters. The Morgan fingerprint density at radius 1 is 1.31 bits per heavy atom. The fourth-order valence-electron chi connectivity index (χ4n) is 1.18. The van der Waals surface area contributed by atoms with Crippen molar-refractivity contribution in [3.8, 4) is 11.3 Å². The predicted molar refractivity (Wildman–Crippen MR) is 52.0 cm³/mol. The van der Waals surface area contributed by atoms with Gasteiger partial charge in [0.1, 0.15) is 11.6 Å². The van der Waals surface area contributed by atoms with Gasteiger partial charge < -0.3 is 4.52 Å². The van der Waals surface area contributed by atoms with Crippen LogP contribution in [0.1, 0.15) is 10.5 Å². The molecule has 1 aromatic carbocycles. The summed E-state index contributed by atoms with van der Waals surface area (Å²) in [5, 5.41) is 2.53. The second-order valence-corrected chi connectivity index (χ2v) is 3.32. The summed E-state index contributed by atoms with van der Waals surface area (Å²) < 4.78 is 30.7. The van der Waals surface area contributed by atoms with E-state index in [-0.39, 0.29) is 17.0 Å². The highest BCUT2D eigenvalue weighted by atomic mass is 35.5. The fourth-order valence-corrected chi connectivity index (χ4v) is 1.27. The van der Waals surface area contributed by atoms with Gasteiger partial charge in [0.15, 0.2) is 11.5 Å². The maximum atomic E-state index is 13.3. The van der Waals surface area contributed by atoms with Crippen molar-refractivity contribution in [1.29, 1.82) is 0 Å². The minimum absolute atomic E-state index is 0.0121. The molecule has 0 N–H and O–H groups in total. The molecule has 0 spiro atoms. The largest absolute Gasteiger partial charge is 0.355 e. The summed E-state index contributed by atoms with van der Waals surface area (Å²) in [5.41, 5.74) is -0.113. The second-order valence-electron chi connectivity index (χ2n) is 2.97. The third-order valence-corrected chi connectivity index (χ3v) is 2.10. The van der Waals surface area contributed by atoms with Crippen LogP contribution < -0.4 is 0 Å². The molecular formula is C10H4ClF2NO2. The Bertz CT molecular complexity index is 554. The van der Waals surface area contributed by atoms with Crippen LogP contribution >= 0.6 is 11.6 Å². The van der Waals surface area contributed by atoms with E-state index >= 15 is 0 Å². The van der Waals surface area contributed by atoms with Crippen molar-refractivity contribution in [3.05, 3.63) is 41.6 Å². The van der Waals surface area contributed by atoms with E-state index in [0.717, 1.165) is 6.07 Å². The maximum absolute atomic E-state index is 13.3. The van der Waals surface area contributed by atoms with E-state index in [1.165, 1.54) is 12.1 Å². The summed E-state index contributed by atoms with van der Waals surface area (Å²) in [6.45, 7) is 0. The number of benzene rings is 1. The van der Waals surface area contributed by atoms with Crippen LogP contribution in [0.3, 0.4) is 0 Å². The average Bonchev–Trinajstić information content (AvgIpc) is 2.66. The van der Waals surface area contributed by atoms with Gasteiger partial charge in [-0.05, 0) is 23.7 Å². The Kier molecular flexibility index (Phi) is 2.70. The number of rotatable bonds is 2. The van der Waals surface area contributed by atoms with Crippen molar-refractivity contribution in [2.75, 3.05) is 0 Å². The van der Waals surface area contributed by atoms with Crippen molar-refractivity contribution in [3.63, 3.8) is 0 Å². The van der Waals surface area contributed by atoms with Gasteiger partial charge in [0, 0.05) is 12.1 Å². The SMILES string of the molecule is O=C(Cl)c1cc(-c2ccc(F)cc2F)on1. The third-order valence-electron chi connectivity index (χ3n) is 1.91. The molecule has 0 aliphatic carbocycles. The molecule has 1 aromatic heterocycles. The molecule has 0 bridgehead atoms. The number of nitrogens with zero attached hydrogens (tertiary/aromatic N) is 1. The first-order chi connectivity index (χ1) is 7.58. The Labute approximate surface area is 93.6 Å². The molecule has 0 unspecified atom stereocenters. The number of hydrogen-bond acceptors (Lipinski definition) is 3. The molecule has 82 valence electrons. The zero-order chi connectivity index (χ0) is 11.7. The standard InChI is InChI=1S/C10H4ClF2NO2/c11-10(15)8-4-9(16-14-8)6-2-1-5(12)3-7(6)13/h1-4H. The smallest absolute Gasteiger partial charge is 0.274 e. The van der Waals surface area contributed by atoms with Crippen LogP contribution in [0, 0.1) is 11.6 Å². The van der Waals surface area contributed by atoms with Crippen LogP contribution in [0.15, 0.2) is 28.8 Å². The minimum atomic E-state index is -0.808. The van der Waals surface area contributed by atoms with Crippen molar-refractivity contribution in [1.82, 2.24) is 5.16 Å². The molecule has 0 amide bonds. The molecule has 16 heavy (non-hydrogen) atoms. The highest BCUT2D eigenvalue weighted by molar-refractivity contribution is 6.67. The lowest BCUT2D eigenvalue weighted by atomic mass is 10.1. The summed E-state index contributed by atoms with van der Waals surface area (Å²) in [6, 6.07) is 4.16. The van der Waals surface area contributed by atoms with Gasteiger partial charge >= 0.3 is 0 Å². The summed E-state index contributed by atoms with van der Waals surface area (Å²) >= 11 is 5.15. The van der Waals surface area contributed by atoms with Crippen molar-refractivity contribution in [2.24, 2.45) is 0 Å². The third kappa shape index (κ3) is 1.94. The van der Waals surface area contributed by atoms with E-state index in [0.29, 0.717) is 6.07 Å². The van der Waals surface area contributed by atoms with Gasteiger partial charge in [0.2, 0.25) is 0 Å². The van der Waals surface area contributed by atoms with Gasteiger partial charge in [-0.25, -0.2) is 8.78 Å². The van der Waals surface area contributed by atoms with Crippen molar-refractivity contribution < 1.29 is 18.1 Å². The van der Waals surface area contributed by atoms with Gasteiger partial charge in [0.25, 0.3) is 5.24 Å². The zero-order valence-corrected chi connectivity index (χ0v) is 8.46. The number of carbonyl (C=O) groups excluding carboxylic acids is 1. The van der Waals surface area contributed by atoms with E-state index in [4.69, 9.17) is 16.1 Å². The first-order valence-electron chi connectivity index (χ1n) is 4.20. The van der Waals surface area contributed by atoms with Crippen molar-refractivity contribution in [2.45, 2.75) is 0 Å². The summed E-state index contributed by atoms with van der Waals surface area (Å²) in [6.07, 6.45) is 0. The molecule has 0 aliphatic heterocycles. The molecule has 0 saturated carbocycles. The molecule has 2 rings (SSSR count). The first kappa shape index (κ1) is 10.8. The van der Waals surface area contributed by atoms with E-state index in [1.54, 1.807) is 0 Å². The number of aromatic nitrogens is 1. The normalized spacial score (nSPS) is 10.4.